The Kier molecular flexibility index (Phi) is 4.91. The van der Waals surface area contributed by atoms with Gasteiger partial charge >= 0.3 is 5.97 Å². The van der Waals surface area contributed by atoms with E-state index in [0.717, 1.165) is 18.4 Å². The highest BCUT2D eigenvalue weighted by atomic mass is 35.5. The Morgan fingerprint density at radius 1 is 1.38 bits per heavy atom. The van der Waals surface area contributed by atoms with Gasteiger partial charge in [-0.05, 0) is 18.1 Å². The SMILES string of the molecule is CCC[C@@H]1N[C@H](C(=O)OC)Cc2c1[nH]c1ccccc21.Cl. The fraction of sp³-hybridized carbons (Fsp3) is 0.438. The van der Waals surface area contributed by atoms with Gasteiger partial charge in [-0.3, -0.25) is 10.1 Å². The molecule has 3 rings (SSSR count). The molecule has 1 aromatic carbocycles. The van der Waals surface area contributed by atoms with Gasteiger partial charge < -0.3 is 9.72 Å². The third-order valence-corrected chi connectivity index (χ3v) is 4.07. The Hall–Kier alpha value is -1.52. The summed E-state index contributed by atoms with van der Waals surface area (Å²) in [6.07, 6.45) is 2.76. The number of H-pyrrole nitrogens is 1. The zero-order valence-corrected chi connectivity index (χ0v) is 13.1. The molecule has 2 aromatic rings. The summed E-state index contributed by atoms with van der Waals surface area (Å²) >= 11 is 0. The molecule has 1 aliphatic heterocycles. The minimum absolute atomic E-state index is 0. The lowest BCUT2D eigenvalue weighted by Crippen LogP contribution is -2.45. The van der Waals surface area contributed by atoms with Gasteiger partial charge in [0.15, 0.2) is 0 Å². The number of rotatable bonds is 3. The normalized spacial score (nSPS) is 20.7. The number of hydrogen-bond acceptors (Lipinski definition) is 3. The van der Waals surface area contributed by atoms with Crippen LogP contribution in [0.3, 0.4) is 0 Å². The Morgan fingerprint density at radius 3 is 2.86 bits per heavy atom. The van der Waals surface area contributed by atoms with Crippen molar-refractivity contribution in [3.63, 3.8) is 0 Å². The highest BCUT2D eigenvalue weighted by Gasteiger charge is 2.32. The first-order valence-corrected chi connectivity index (χ1v) is 7.18. The number of aromatic amines is 1. The molecule has 4 nitrogen and oxygen atoms in total. The van der Waals surface area contributed by atoms with Crippen LogP contribution in [-0.4, -0.2) is 24.1 Å². The number of aromatic nitrogens is 1. The largest absolute Gasteiger partial charge is 0.468 e. The molecule has 1 aromatic heterocycles. The van der Waals surface area contributed by atoms with Crippen LogP contribution in [-0.2, 0) is 16.0 Å². The van der Waals surface area contributed by atoms with E-state index in [-0.39, 0.29) is 30.5 Å². The maximum absolute atomic E-state index is 11.9. The summed E-state index contributed by atoms with van der Waals surface area (Å²) in [5.74, 6) is -0.179. The van der Waals surface area contributed by atoms with Crippen LogP contribution in [0.15, 0.2) is 24.3 Å². The summed E-state index contributed by atoms with van der Waals surface area (Å²) in [5, 5.41) is 4.64. The van der Waals surface area contributed by atoms with Crippen LogP contribution in [0.25, 0.3) is 10.9 Å². The molecular weight excluding hydrogens is 288 g/mol. The number of fused-ring (bicyclic) bond motifs is 3. The van der Waals surface area contributed by atoms with E-state index in [2.05, 4.69) is 29.4 Å². The summed E-state index contributed by atoms with van der Waals surface area (Å²) in [4.78, 5) is 15.4. The Morgan fingerprint density at radius 2 is 2.14 bits per heavy atom. The number of esters is 1. The Bertz CT molecular complexity index is 638. The second kappa shape index (κ2) is 6.50. The number of benzene rings is 1. The molecule has 2 heterocycles. The number of ether oxygens (including phenoxy) is 1. The predicted molar refractivity (Wildman–Crippen MR) is 85.8 cm³/mol. The summed E-state index contributed by atoms with van der Waals surface area (Å²) in [6.45, 7) is 2.16. The molecule has 2 N–H and O–H groups in total. The Labute approximate surface area is 130 Å². The third-order valence-electron chi connectivity index (χ3n) is 4.07. The number of methoxy groups -OCH3 is 1. The molecular formula is C16H21ClN2O2. The minimum Gasteiger partial charge on any atom is -0.468 e. The predicted octanol–water partition coefficient (Wildman–Crippen LogP) is 3.12. The topological polar surface area (TPSA) is 54.1 Å². The average molecular weight is 309 g/mol. The Balaban J connectivity index is 0.00000161. The van der Waals surface area contributed by atoms with Crippen molar-refractivity contribution in [2.75, 3.05) is 7.11 Å². The van der Waals surface area contributed by atoms with E-state index in [9.17, 15) is 4.79 Å². The van der Waals surface area contributed by atoms with E-state index in [1.165, 1.54) is 23.8 Å². The highest BCUT2D eigenvalue weighted by Crippen LogP contribution is 2.33. The summed E-state index contributed by atoms with van der Waals surface area (Å²) in [5.41, 5.74) is 3.63. The maximum Gasteiger partial charge on any atom is 0.323 e. The fourth-order valence-corrected chi connectivity index (χ4v) is 3.14. The van der Waals surface area contributed by atoms with E-state index >= 15 is 0 Å². The molecule has 0 spiro atoms. The first kappa shape index (κ1) is 15.9. The van der Waals surface area contributed by atoms with Crippen molar-refractivity contribution >= 4 is 29.3 Å². The lowest BCUT2D eigenvalue weighted by atomic mass is 9.92. The van der Waals surface area contributed by atoms with Gasteiger partial charge in [0.1, 0.15) is 6.04 Å². The quantitative estimate of drug-likeness (QED) is 0.857. The van der Waals surface area contributed by atoms with Crippen molar-refractivity contribution < 1.29 is 9.53 Å². The van der Waals surface area contributed by atoms with Crippen molar-refractivity contribution in [1.82, 2.24) is 10.3 Å². The second-order valence-electron chi connectivity index (χ2n) is 5.35. The molecule has 5 heteroatoms. The van der Waals surface area contributed by atoms with Crippen LogP contribution in [0.2, 0.25) is 0 Å². The average Bonchev–Trinajstić information content (AvgIpc) is 2.86. The van der Waals surface area contributed by atoms with Gasteiger partial charge in [-0.2, -0.15) is 0 Å². The van der Waals surface area contributed by atoms with Crippen molar-refractivity contribution in [1.29, 1.82) is 0 Å². The standard InChI is InChI=1S/C16H20N2O2.ClH/c1-3-6-13-15-11(9-14(17-13)16(19)20-2)10-7-4-5-8-12(10)18-15;/h4-5,7-8,13-14,17-18H,3,6,9H2,1-2H3;1H/t13-,14-;/m0./s1. The van der Waals surface area contributed by atoms with Crippen LogP contribution >= 0.6 is 12.4 Å². The first-order valence-electron chi connectivity index (χ1n) is 7.18. The molecule has 2 atom stereocenters. The number of carbonyl (C=O) groups excluding carboxylic acids is 1. The molecule has 0 unspecified atom stereocenters. The van der Waals surface area contributed by atoms with E-state index in [1.807, 2.05) is 12.1 Å². The summed E-state index contributed by atoms with van der Waals surface area (Å²) in [7, 11) is 1.45. The lowest BCUT2D eigenvalue weighted by molar-refractivity contribution is -0.143. The monoisotopic (exact) mass is 308 g/mol. The molecule has 0 aliphatic carbocycles. The van der Waals surface area contributed by atoms with Gasteiger partial charge in [0.2, 0.25) is 0 Å². The molecule has 0 saturated heterocycles. The van der Waals surface area contributed by atoms with Crippen LogP contribution < -0.4 is 5.32 Å². The van der Waals surface area contributed by atoms with Crippen LogP contribution in [0.5, 0.6) is 0 Å². The van der Waals surface area contributed by atoms with Gasteiger partial charge in [0.25, 0.3) is 0 Å². The molecule has 114 valence electrons. The van der Waals surface area contributed by atoms with E-state index in [4.69, 9.17) is 4.74 Å². The van der Waals surface area contributed by atoms with Gasteiger partial charge in [-0.1, -0.05) is 31.5 Å². The van der Waals surface area contributed by atoms with E-state index in [1.54, 1.807) is 0 Å². The zero-order chi connectivity index (χ0) is 14.1. The third kappa shape index (κ3) is 2.78. The molecule has 0 amide bonds. The molecule has 0 bridgehead atoms. The van der Waals surface area contributed by atoms with Crippen molar-refractivity contribution in [2.45, 2.75) is 38.3 Å². The molecule has 1 aliphatic rings. The van der Waals surface area contributed by atoms with Gasteiger partial charge in [-0.25, -0.2) is 0 Å². The van der Waals surface area contributed by atoms with Crippen molar-refractivity contribution in [3.05, 3.63) is 35.5 Å². The molecule has 21 heavy (non-hydrogen) atoms. The lowest BCUT2D eigenvalue weighted by Gasteiger charge is -2.29. The van der Waals surface area contributed by atoms with Crippen molar-refractivity contribution in [2.24, 2.45) is 0 Å². The highest BCUT2D eigenvalue weighted by molar-refractivity contribution is 5.87. The number of nitrogens with one attached hydrogen (secondary N) is 2. The van der Waals surface area contributed by atoms with Crippen LogP contribution in [0, 0.1) is 0 Å². The zero-order valence-electron chi connectivity index (χ0n) is 12.3. The molecule has 0 saturated carbocycles. The second-order valence-corrected chi connectivity index (χ2v) is 5.35. The van der Waals surface area contributed by atoms with Gasteiger partial charge in [-0.15, -0.1) is 12.4 Å². The first-order chi connectivity index (χ1) is 9.74. The van der Waals surface area contributed by atoms with Gasteiger partial charge in [0.05, 0.1) is 7.11 Å². The maximum atomic E-state index is 11.9. The van der Waals surface area contributed by atoms with Crippen LogP contribution in [0.4, 0.5) is 0 Å². The number of para-hydroxylation sites is 1. The molecule has 0 radical (unpaired) electrons. The van der Waals surface area contributed by atoms with E-state index in [0.29, 0.717) is 6.42 Å². The number of halogens is 1. The fourth-order valence-electron chi connectivity index (χ4n) is 3.14. The number of carbonyl (C=O) groups is 1. The summed E-state index contributed by atoms with van der Waals surface area (Å²) in [6, 6.07) is 8.23. The molecule has 0 fully saturated rings. The summed E-state index contributed by atoms with van der Waals surface area (Å²) < 4.78 is 4.91. The smallest absolute Gasteiger partial charge is 0.323 e. The van der Waals surface area contributed by atoms with Crippen LogP contribution in [0.1, 0.15) is 37.1 Å². The minimum atomic E-state index is -0.247. The van der Waals surface area contributed by atoms with Gasteiger partial charge in [0, 0.05) is 29.1 Å². The van der Waals surface area contributed by atoms with E-state index < -0.39 is 0 Å². The van der Waals surface area contributed by atoms with Crippen molar-refractivity contribution in [3.8, 4) is 0 Å². The number of hydrogen-bond donors (Lipinski definition) is 2.